The fourth-order valence-electron chi connectivity index (χ4n) is 1.60. The van der Waals surface area contributed by atoms with Crippen LogP contribution < -0.4 is 5.32 Å². The lowest BCUT2D eigenvalue weighted by Gasteiger charge is -2.07. The number of aryl methyl sites for hydroxylation is 1. The lowest BCUT2D eigenvalue weighted by Crippen LogP contribution is -2.20. The highest BCUT2D eigenvalue weighted by Gasteiger charge is 2.16. The molecule has 0 aromatic carbocycles. The first-order valence-corrected chi connectivity index (χ1v) is 6.08. The van der Waals surface area contributed by atoms with E-state index < -0.39 is 0 Å². The van der Waals surface area contributed by atoms with Gasteiger partial charge in [-0.2, -0.15) is 5.10 Å². The zero-order chi connectivity index (χ0) is 13.4. The van der Waals surface area contributed by atoms with Gasteiger partial charge >= 0.3 is 5.97 Å². The molecule has 1 rings (SSSR count). The van der Waals surface area contributed by atoms with Crippen molar-refractivity contribution < 1.29 is 14.3 Å². The second kappa shape index (κ2) is 7.84. The number of carbonyl (C=O) groups excluding carboxylic acids is 1. The van der Waals surface area contributed by atoms with Gasteiger partial charge in [0.2, 0.25) is 0 Å². The Bertz CT molecular complexity index is 377. The maximum Gasteiger partial charge on any atom is 0.341 e. The van der Waals surface area contributed by atoms with E-state index in [-0.39, 0.29) is 5.97 Å². The van der Waals surface area contributed by atoms with E-state index in [0.717, 1.165) is 25.3 Å². The SMILES string of the molecule is CCOC(=O)c1cnn(C)c1CNCCCOC. The molecule has 1 aromatic rings. The van der Waals surface area contributed by atoms with Gasteiger partial charge < -0.3 is 14.8 Å². The van der Waals surface area contributed by atoms with E-state index in [9.17, 15) is 4.79 Å². The van der Waals surface area contributed by atoms with Crippen molar-refractivity contribution >= 4 is 5.97 Å². The number of hydrogen-bond donors (Lipinski definition) is 1. The number of nitrogens with zero attached hydrogens (tertiary/aromatic N) is 2. The van der Waals surface area contributed by atoms with Gasteiger partial charge in [-0.15, -0.1) is 0 Å². The largest absolute Gasteiger partial charge is 0.462 e. The Morgan fingerprint density at radius 3 is 3.00 bits per heavy atom. The van der Waals surface area contributed by atoms with E-state index in [0.29, 0.717) is 18.7 Å². The Hall–Kier alpha value is -1.40. The molecule has 0 fully saturated rings. The molecule has 18 heavy (non-hydrogen) atoms. The molecule has 0 aliphatic heterocycles. The van der Waals surface area contributed by atoms with Gasteiger partial charge in [-0.25, -0.2) is 4.79 Å². The van der Waals surface area contributed by atoms with Crippen molar-refractivity contribution in [3.8, 4) is 0 Å². The molecule has 0 bridgehead atoms. The summed E-state index contributed by atoms with van der Waals surface area (Å²) in [5.41, 5.74) is 1.37. The Labute approximate surface area is 107 Å². The molecule has 0 unspecified atom stereocenters. The first kappa shape index (κ1) is 14.7. The Morgan fingerprint density at radius 1 is 1.56 bits per heavy atom. The van der Waals surface area contributed by atoms with Gasteiger partial charge in [-0.1, -0.05) is 0 Å². The summed E-state index contributed by atoms with van der Waals surface area (Å²) in [4.78, 5) is 11.7. The molecule has 102 valence electrons. The first-order chi connectivity index (χ1) is 8.70. The predicted molar refractivity (Wildman–Crippen MR) is 67.4 cm³/mol. The van der Waals surface area contributed by atoms with Gasteiger partial charge in [0.1, 0.15) is 5.56 Å². The molecule has 1 aromatic heterocycles. The summed E-state index contributed by atoms with van der Waals surface area (Å²) in [5.74, 6) is -0.320. The molecule has 0 aliphatic rings. The number of hydrogen-bond acceptors (Lipinski definition) is 5. The van der Waals surface area contributed by atoms with Crippen molar-refractivity contribution in [2.45, 2.75) is 19.9 Å². The summed E-state index contributed by atoms with van der Waals surface area (Å²) in [6.45, 7) is 4.31. The van der Waals surface area contributed by atoms with Crippen LogP contribution in [0.25, 0.3) is 0 Å². The van der Waals surface area contributed by atoms with Crippen LogP contribution in [-0.4, -0.2) is 42.6 Å². The minimum atomic E-state index is -0.320. The third kappa shape index (κ3) is 4.12. The standard InChI is InChI=1S/C12H21N3O3/c1-4-18-12(16)10-8-14-15(2)11(10)9-13-6-5-7-17-3/h8,13H,4-7,9H2,1-3H3. The number of rotatable bonds is 8. The third-order valence-electron chi connectivity index (χ3n) is 2.55. The minimum absolute atomic E-state index is 0.320. The summed E-state index contributed by atoms with van der Waals surface area (Å²) in [5, 5.41) is 7.34. The van der Waals surface area contributed by atoms with Crippen molar-refractivity contribution in [2.75, 3.05) is 26.9 Å². The molecular weight excluding hydrogens is 234 g/mol. The van der Waals surface area contributed by atoms with E-state index in [1.54, 1.807) is 24.9 Å². The van der Waals surface area contributed by atoms with Gasteiger partial charge in [0, 0.05) is 27.3 Å². The number of esters is 1. The molecule has 0 saturated heterocycles. The van der Waals surface area contributed by atoms with Crippen molar-refractivity contribution in [1.82, 2.24) is 15.1 Å². The normalized spacial score (nSPS) is 10.6. The molecule has 1 N–H and O–H groups in total. The molecule has 0 aliphatic carbocycles. The minimum Gasteiger partial charge on any atom is -0.462 e. The van der Waals surface area contributed by atoms with Crippen LogP contribution >= 0.6 is 0 Å². The predicted octanol–water partition coefficient (Wildman–Crippen LogP) is 0.723. The first-order valence-electron chi connectivity index (χ1n) is 6.08. The van der Waals surface area contributed by atoms with Crippen LogP contribution in [0.5, 0.6) is 0 Å². The van der Waals surface area contributed by atoms with Crippen LogP contribution in [0.1, 0.15) is 29.4 Å². The molecule has 0 saturated carbocycles. The van der Waals surface area contributed by atoms with E-state index in [1.807, 2.05) is 7.05 Å². The maximum atomic E-state index is 11.7. The third-order valence-corrected chi connectivity index (χ3v) is 2.55. The van der Waals surface area contributed by atoms with Gasteiger partial charge in [-0.05, 0) is 19.9 Å². The number of aromatic nitrogens is 2. The Morgan fingerprint density at radius 2 is 2.33 bits per heavy atom. The van der Waals surface area contributed by atoms with Crippen molar-refractivity contribution in [2.24, 2.45) is 7.05 Å². The monoisotopic (exact) mass is 255 g/mol. The van der Waals surface area contributed by atoms with Crippen LogP contribution in [0.4, 0.5) is 0 Å². The second-order valence-electron chi connectivity index (χ2n) is 3.87. The van der Waals surface area contributed by atoms with E-state index in [2.05, 4.69) is 10.4 Å². The molecule has 0 amide bonds. The van der Waals surface area contributed by atoms with E-state index in [4.69, 9.17) is 9.47 Å². The van der Waals surface area contributed by atoms with Crippen molar-refractivity contribution in [1.29, 1.82) is 0 Å². The van der Waals surface area contributed by atoms with Crippen LogP contribution in [0, 0.1) is 0 Å². The summed E-state index contributed by atoms with van der Waals surface area (Å²) in [7, 11) is 3.49. The highest BCUT2D eigenvalue weighted by molar-refractivity contribution is 5.90. The van der Waals surface area contributed by atoms with Crippen molar-refractivity contribution in [3.63, 3.8) is 0 Å². The van der Waals surface area contributed by atoms with Gasteiger partial charge in [-0.3, -0.25) is 4.68 Å². The van der Waals surface area contributed by atoms with Crippen LogP contribution in [0.2, 0.25) is 0 Å². The number of carbonyl (C=O) groups is 1. The smallest absolute Gasteiger partial charge is 0.341 e. The molecule has 1 heterocycles. The quantitative estimate of drug-likeness (QED) is 0.548. The van der Waals surface area contributed by atoms with E-state index >= 15 is 0 Å². The Balaban J connectivity index is 2.53. The average molecular weight is 255 g/mol. The molecule has 0 atom stereocenters. The molecule has 6 heteroatoms. The maximum absolute atomic E-state index is 11.7. The summed E-state index contributed by atoms with van der Waals surface area (Å²) in [6.07, 6.45) is 2.48. The fourth-order valence-corrected chi connectivity index (χ4v) is 1.60. The number of methoxy groups -OCH3 is 1. The molecular formula is C12H21N3O3. The fraction of sp³-hybridized carbons (Fsp3) is 0.667. The van der Waals surface area contributed by atoms with Crippen molar-refractivity contribution in [3.05, 3.63) is 17.5 Å². The number of ether oxygens (including phenoxy) is 2. The van der Waals surface area contributed by atoms with Gasteiger partial charge in [0.05, 0.1) is 18.5 Å². The van der Waals surface area contributed by atoms with Crippen LogP contribution in [-0.2, 0) is 23.1 Å². The topological polar surface area (TPSA) is 65.4 Å². The zero-order valence-electron chi connectivity index (χ0n) is 11.2. The number of nitrogens with one attached hydrogen (secondary N) is 1. The van der Waals surface area contributed by atoms with E-state index in [1.165, 1.54) is 0 Å². The highest BCUT2D eigenvalue weighted by Crippen LogP contribution is 2.09. The average Bonchev–Trinajstić information content (AvgIpc) is 2.71. The lowest BCUT2D eigenvalue weighted by atomic mass is 10.2. The van der Waals surface area contributed by atoms with Crippen LogP contribution in [0.15, 0.2) is 6.20 Å². The molecule has 6 nitrogen and oxygen atoms in total. The van der Waals surface area contributed by atoms with Gasteiger partial charge in [0.15, 0.2) is 0 Å². The summed E-state index contributed by atoms with van der Waals surface area (Å²) >= 11 is 0. The van der Waals surface area contributed by atoms with Gasteiger partial charge in [0.25, 0.3) is 0 Å². The van der Waals surface area contributed by atoms with Crippen LogP contribution in [0.3, 0.4) is 0 Å². The Kier molecular flexibility index (Phi) is 6.38. The summed E-state index contributed by atoms with van der Waals surface area (Å²) in [6, 6.07) is 0. The highest BCUT2D eigenvalue weighted by atomic mass is 16.5. The second-order valence-corrected chi connectivity index (χ2v) is 3.87. The lowest BCUT2D eigenvalue weighted by molar-refractivity contribution is 0.0524. The molecule has 0 spiro atoms. The summed E-state index contributed by atoms with van der Waals surface area (Å²) < 4.78 is 11.6. The molecule has 0 radical (unpaired) electrons. The zero-order valence-corrected chi connectivity index (χ0v) is 11.2.